The summed E-state index contributed by atoms with van der Waals surface area (Å²) in [7, 11) is 0. The minimum Gasteiger partial charge on any atom is -0.481 e. The minimum atomic E-state index is -0.934. The van der Waals surface area contributed by atoms with Gasteiger partial charge >= 0.3 is 12.0 Å². The van der Waals surface area contributed by atoms with Crippen molar-refractivity contribution in [3.8, 4) is 11.8 Å². The number of hydrogen-bond donors (Lipinski definition) is 2. The van der Waals surface area contributed by atoms with E-state index >= 15 is 0 Å². The summed E-state index contributed by atoms with van der Waals surface area (Å²) < 4.78 is 0. The molecule has 0 atom stereocenters. The Labute approximate surface area is 125 Å². The summed E-state index contributed by atoms with van der Waals surface area (Å²) in [5.74, 6) is 4.69. The van der Waals surface area contributed by atoms with Crippen LogP contribution in [-0.4, -0.2) is 30.2 Å². The molecule has 1 rings (SSSR count). The number of benzene rings is 1. The summed E-state index contributed by atoms with van der Waals surface area (Å²) in [6.07, 6.45) is 0.471. The molecule has 0 radical (unpaired) electrons. The van der Waals surface area contributed by atoms with Crippen LogP contribution in [0.3, 0.4) is 0 Å². The number of nitrogens with zero attached hydrogens (tertiary/aromatic N) is 1. The van der Waals surface area contributed by atoms with Crippen LogP contribution in [0, 0.1) is 18.8 Å². The van der Waals surface area contributed by atoms with Crippen molar-refractivity contribution in [3.63, 3.8) is 0 Å². The highest BCUT2D eigenvalue weighted by Gasteiger charge is 2.16. The van der Waals surface area contributed by atoms with E-state index in [0.29, 0.717) is 18.7 Å². The van der Waals surface area contributed by atoms with Gasteiger partial charge in [-0.3, -0.25) is 9.69 Å². The zero-order valence-corrected chi connectivity index (χ0v) is 12.3. The number of amides is 2. The smallest absolute Gasteiger partial charge is 0.321 e. The number of carboxylic acid groups (broad SMARTS) is 1. The molecule has 0 aliphatic heterocycles. The molecule has 0 aliphatic carbocycles. The highest BCUT2D eigenvalue weighted by molar-refractivity contribution is 5.92. The van der Waals surface area contributed by atoms with E-state index in [1.807, 2.05) is 31.2 Å². The summed E-state index contributed by atoms with van der Waals surface area (Å²) in [5, 5.41) is 11.6. The zero-order valence-electron chi connectivity index (χ0n) is 12.3. The van der Waals surface area contributed by atoms with Crippen molar-refractivity contribution < 1.29 is 14.7 Å². The number of carboxylic acids is 1. The van der Waals surface area contributed by atoms with Crippen LogP contribution in [0.5, 0.6) is 0 Å². The van der Waals surface area contributed by atoms with Crippen LogP contribution >= 0.6 is 0 Å². The lowest BCUT2D eigenvalue weighted by molar-refractivity contribution is -0.136. The Hall–Kier alpha value is -2.48. The lowest BCUT2D eigenvalue weighted by Gasteiger charge is -2.22. The second-order valence-electron chi connectivity index (χ2n) is 4.54. The van der Waals surface area contributed by atoms with Crippen LogP contribution in [0.25, 0.3) is 0 Å². The monoisotopic (exact) mass is 288 g/mol. The number of carbonyl (C=O) groups is 2. The Morgan fingerprint density at radius 1 is 1.29 bits per heavy atom. The molecule has 0 heterocycles. The molecule has 1 aromatic carbocycles. The molecule has 0 aliphatic rings. The fourth-order valence-electron chi connectivity index (χ4n) is 1.73. The molecule has 1 aromatic rings. The SMILES string of the molecule is CC#CCCNC(=O)N(CCC(=O)O)c1ccc(C)cc1. The van der Waals surface area contributed by atoms with Gasteiger partial charge in [0.05, 0.1) is 6.42 Å². The Kier molecular flexibility index (Phi) is 6.82. The largest absolute Gasteiger partial charge is 0.481 e. The molecule has 0 fully saturated rings. The summed E-state index contributed by atoms with van der Waals surface area (Å²) in [5.41, 5.74) is 1.76. The molecule has 0 saturated carbocycles. The molecule has 0 spiro atoms. The van der Waals surface area contributed by atoms with E-state index in [-0.39, 0.29) is 19.0 Å². The van der Waals surface area contributed by atoms with Crippen LogP contribution in [0.4, 0.5) is 10.5 Å². The molecule has 2 amide bonds. The lowest BCUT2D eigenvalue weighted by Crippen LogP contribution is -2.41. The normalized spacial score (nSPS) is 9.43. The fraction of sp³-hybridized carbons (Fsp3) is 0.375. The quantitative estimate of drug-likeness (QED) is 0.624. The molecule has 5 heteroatoms. The van der Waals surface area contributed by atoms with Crippen LogP contribution in [0.15, 0.2) is 24.3 Å². The molecule has 0 saturated heterocycles. The molecule has 5 nitrogen and oxygen atoms in total. The molecule has 0 bridgehead atoms. The number of carbonyl (C=O) groups excluding carboxylic acids is 1. The molecule has 21 heavy (non-hydrogen) atoms. The molecular weight excluding hydrogens is 268 g/mol. The predicted molar refractivity (Wildman–Crippen MR) is 82.2 cm³/mol. The first kappa shape index (κ1) is 16.6. The van der Waals surface area contributed by atoms with E-state index < -0.39 is 5.97 Å². The van der Waals surface area contributed by atoms with E-state index in [9.17, 15) is 9.59 Å². The third-order valence-corrected chi connectivity index (χ3v) is 2.84. The standard InChI is InChI=1S/C16H20N2O3/c1-3-4-5-11-17-16(21)18(12-10-15(19)20)14-8-6-13(2)7-9-14/h6-9H,5,10-12H2,1-2H3,(H,17,21)(H,19,20). The topological polar surface area (TPSA) is 69.6 Å². The summed E-state index contributed by atoms with van der Waals surface area (Å²) in [6.45, 7) is 4.26. The third-order valence-electron chi connectivity index (χ3n) is 2.84. The maximum absolute atomic E-state index is 12.2. The number of rotatable bonds is 6. The van der Waals surface area contributed by atoms with E-state index in [1.54, 1.807) is 6.92 Å². The van der Waals surface area contributed by atoms with Crippen LogP contribution in [-0.2, 0) is 4.79 Å². The number of hydrogen-bond acceptors (Lipinski definition) is 2. The van der Waals surface area contributed by atoms with Gasteiger partial charge in [-0.15, -0.1) is 11.8 Å². The van der Waals surface area contributed by atoms with Gasteiger partial charge < -0.3 is 10.4 Å². The summed E-state index contributed by atoms with van der Waals surface area (Å²) in [6, 6.07) is 7.08. The number of aliphatic carboxylic acids is 1. The van der Waals surface area contributed by atoms with Crippen molar-refractivity contribution in [2.45, 2.75) is 26.7 Å². The van der Waals surface area contributed by atoms with Gasteiger partial charge in [-0.2, -0.15) is 0 Å². The summed E-state index contributed by atoms with van der Waals surface area (Å²) in [4.78, 5) is 24.3. The first-order valence-electron chi connectivity index (χ1n) is 6.78. The van der Waals surface area contributed by atoms with Gasteiger partial charge in [0.25, 0.3) is 0 Å². The first-order valence-corrected chi connectivity index (χ1v) is 6.78. The lowest BCUT2D eigenvalue weighted by atomic mass is 10.2. The van der Waals surface area contributed by atoms with Crippen LogP contribution in [0.1, 0.15) is 25.3 Å². The van der Waals surface area contributed by atoms with Gasteiger partial charge in [-0.1, -0.05) is 17.7 Å². The van der Waals surface area contributed by atoms with Gasteiger partial charge in [0.2, 0.25) is 0 Å². The third kappa shape index (κ3) is 6.00. The minimum absolute atomic E-state index is 0.101. The van der Waals surface area contributed by atoms with Gasteiger partial charge in [0, 0.05) is 25.2 Å². The average molecular weight is 288 g/mol. The van der Waals surface area contributed by atoms with E-state index in [4.69, 9.17) is 5.11 Å². The van der Waals surface area contributed by atoms with Crippen LogP contribution < -0.4 is 10.2 Å². The molecule has 112 valence electrons. The van der Waals surface area contributed by atoms with Crippen LogP contribution in [0.2, 0.25) is 0 Å². The second kappa shape index (κ2) is 8.64. The van der Waals surface area contributed by atoms with Crippen molar-refractivity contribution in [2.24, 2.45) is 0 Å². The van der Waals surface area contributed by atoms with E-state index in [2.05, 4.69) is 17.2 Å². The van der Waals surface area contributed by atoms with Crippen molar-refractivity contribution >= 4 is 17.7 Å². The van der Waals surface area contributed by atoms with E-state index in [0.717, 1.165) is 5.56 Å². The maximum atomic E-state index is 12.2. The molecule has 0 unspecified atom stereocenters. The maximum Gasteiger partial charge on any atom is 0.321 e. The van der Waals surface area contributed by atoms with Gasteiger partial charge in [0.15, 0.2) is 0 Å². The van der Waals surface area contributed by atoms with Gasteiger partial charge in [0.1, 0.15) is 0 Å². The average Bonchev–Trinajstić information content (AvgIpc) is 2.45. The fourth-order valence-corrected chi connectivity index (χ4v) is 1.73. The van der Waals surface area contributed by atoms with Crippen molar-refractivity contribution in [3.05, 3.63) is 29.8 Å². The van der Waals surface area contributed by atoms with Gasteiger partial charge in [-0.05, 0) is 26.0 Å². The zero-order chi connectivity index (χ0) is 15.7. The Balaban J connectivity index is 2.74. The molecule has 2 N–H and O–H groups in total. The number of aryl methyl sites for hydroxylation is 1. The van der Waals surface area contributed by atoms with Crippen molar-refractivity contribution in [2.75, 3.05) is 18.0 Å². The second-order valence-corrected chi connectivity index (χ2v) is 4.54. The highest BCUT2D eigenvalue weighted by atomic mass is 16.4. The van der Waals surface area contributed by atoms with Crippen molar-refractivity contribution in [1.82, 2.24) is 5.32 Å². The molecular formula is C16H20N2O3. The first-order chi connectivity index (χ1) is 10.0. The Morgan fingerprint density at radius 2 is 1.95 bits per heavy atom. The Bertz CT molecular complexity index is 541. The number of anilines is 1. The van der Waals surface area contributed by atoms with E-state index in [1.165, 1.54) is 4.90 Å². The predicted octanol–water partition coefficient (Wildman–Crippen LogP) is 2.40. The Morgan fingerprint density at radius 3 is 2.52 bits per heavy atom. The molecule has 0 aromatic heterocycles. The highest BCUT2D eigenvalue weighted by Crippen LogP contribution is 2.15. The number of nitrogens with one attached hydrogen (secondary N) is 1. The number of urea groups is 1. The summed E-state index contributed by atoms with van der Waals surface area (Å²) >= 11 is 0. The van der Waals surface area contributed by atoms with Crippen molar-refractivity contribution in [1.29, 1.82) is 0 Å². The van der Waals surface area contributed by atoms with Gasteiger partial charge in [-0.25, -0.2) is 4.79 Å².